The minimum Gasteiger partial charge on any atom is -0.277 e. The van der Waals surface area contributed by atoms with Gasteiger partial charge < -0.3 is 0 Å². The van der Waals surface area contributed by atoms with E-state index in [0.717, 1.165) is 45.0 Å². The Bertz CT molecular complexity index is 1150. The van der Waals surface area contributed by atoms with Crippen LogP contribution in [0.4, 0.5) is 0 Å². The number of nitrogens with one attached hydrogen (secondary N) is 1. The molecule has 29 heavy (non-hydrogen) atoms. The first-order valence-electron chi connectivity index (χ1n) is 9.46. The summed E-state index contributed by atoms with van der Waals surface area (Å²) in [6.07, 6.45) is 3.66. The van der Waals surface area contributed by atoms with Crippen molar-refractivity contribution < 1.29 is 0 Å². The maximum absolute atomic E-state index is 4.53. The highest BCUT2D eigenvalue weighted by Crippen LogP contribution is 2.28. The van der Waals surface area contributed by atoms with Gasteiger partial charge in [-0.15, -0.1) is 0 Å². The zero-order valence-corrected chi connectivity index (χ0v) is 15.7. The van der Waals surface area contributed by atoms with E-state index >= 15 is 0 Å². The first kappa shape index (κ1) is 17.1. The highest BCUT2D eigenvalue weighted by Gasteiger charge is 2.09. The lowest BCUT2D eigenvalue weighted by Crippen LogP contribution is -1.85. The molecule has 2 aromatic carbocycles. The van der Waals surface area contributed by atoms with Crippen molar-refractivity contribution in [1.29, 1.82) is 0 Å². The monoisotopic (exact) mass is 374 g/mol. The molecule has 4 heteroatoms. The third-order valence-electron chi connectivity index (χ3n) is 4.84. The van der Waals surface area contributed by atoms with Crippen LogP contribution in [0.3, 0.4) is 0 Å². The zero-order valence-electron chi connectivity index (χ0n) is 15.7. The number of benzene rings is 2. The van der Waals surface area contributed by atoms with Gasteiger partial charge in [0.2, 0.25) is 0 Å². The predicted molar refractivity (Wildman–Crippen MR) is 116 cm³/mol. The summed E-state index contributed by atoms with van der Waals surface area (Å²) in [6, 6.07) is 30.5. The van der Waals surface area contributed by atoms with Crippen molar-refractivity contribution in [3.05, 3.63) is 103 Å². The SMILES string of the molecule is c1ccc(-c2cc(-c3cc(-c4ccnc(-c5ccccc5)c4)[nH]n3)ccn2)cc1. The van der Waals surface area contributed by atoms with E-state index in [1.807, 2.05) is 60.9 Å². The molecule has 0 bridgehead atoms. The molecular formula is C25H18N4. The van der Waals surface area contributed by atoms with E-state index in [-0.39, 0.29) is 0 Å². The van der Waals surface area contributed by atoms with Gasteiger partial charge in [0.25, 0.3) is 0 Å². The second kappa shape index (κ2) is 7.52. The number of rotatable bonds is 4. The van der Waals surface area contributed by atoms with Gasteiger partial charge in [-0.05, 0) is 30.3 Å². The first-order chi connectivity index (χ1) is 14.4. The molecule has 3 heterocycles. The van der Waals surface area contributed by atoms with Crippen LogP contribution in [0.2, 0.25) is 0 Å². The van der Waals surface area contributed by atoms with Crippen LogP contribution in [-0.4, -0.2) is 20.2 Å². The number of hydrogen-bond donors (Lipinski definition) is 1. The van der Waals surface area contributed by atoms with Crippen LogP contribution in [0.15, 0.2) is 103 Å². The Hall–Kier alpha value is -4.05. The molecule has 4 nitrogen and oxygen atoms in total. The van der Waals surface area contributed by atoms with Crippen molar-refractivity contribution in [2.75, 3.05) is 0 Å². The Kier molecular flexibility index (Phi) is 4.43. The summed E-state index contributed by atoms with van der Waals surface area (Å²) in [5.74, 6) is 0. The maximum Gasteiger partial charge on any atom is 0.0928 e. The fraction of sp³-hybridized carbons (Fsp3) is 0. The molecule has 3 aromatic heterocycles. The van der Waals surface area contributed by atoms with Crippen molar-refractivity contribution in [2.45, 2.75) is 0 Å². The topological polar surface area (TPSA) is 54.5 Å². The average molecular weight is 374 g/mol. The van der Waals surface area contributed by atoms with Crippen LogP contribution in [0, 0.1) is 0 Å². The summed E-state index contributed by atoms with van der Waals surface area (Å²) >= 11 is 0. The van der Waals surface area contributed by atoms with Crippen molar-refractivity contribution in [1.82, 2.24) is 20.2 Å². The van der Waals surface area contributed by atoms with E-state index in [0.29, 0.717) is 0 Å². The molecule has 0 unspecified atom stereocenters. The highest BCUT2D eigenvalue weighted by atomic mass is 15.1. The minimum absolute atomic E-state index is 0.887. The van der Waals surface area contributed by atoms with Crippen molar-refractivity contribution >= 4 is 0 Å². The molecule has 1 N–H and O–H groups in total. The Morgan fingerprint density at radius 2 is 1.03 bits per heavy atom. The Morgan fingerprint density at radius 3 is 1.66 bits per heavy atom. The second-order valence-electron chi connectivity index (χ2n) is 6.76. The largest absolute Gasteiger partial charge is 0.277 e. The molecule has 0 aliphatic heterocycles. The van der Waals surface area contributed by atoms with Gasteiger partial charge in [0.1, 0.15) is 0 Å². The molecule has 0 saturated carbocycles. The fourth-order valence-electron chi connectivity index (χ4n) is 3.34. The van der Waals surface area contributed by atoms with Gasteiger partial charge in [-0.2, -0.15) is 5.10 Å². The molecule has 0 radical (unpaired) electrons. The van der Waals surface area contributed by atoms with Crippen molar-refractivity contribution in [2.24, 2.45) is 0 Å². The number of nitrogens with zero attached hydrogens (tertiary/aromatic N) is 3. The molecule has 0 amide bonds. The van der Waals surface area contributed by atoms with Gasteiger partial charge in [-0.25, -0.2) is 0 Å². The Balaban J connectivity index is 1.48. The number of aromatic nitrogens is 4. The van der Waals surface area contributed by atoms with Crippen LogP contribution in [-0.2, 0) is 0 Å². The summed E-state index contributed by atoms with van der Waals surface area (Å²) in [4.78, 5) is 9.00. The molecule has 0 aliphatic carbocycles. The third-order valence-corrected chi connectivity index (χ3v) is 4.84. The van der Waals surface area contributed by atoms with Gasteiger partial charge in [0, 0.05) is 34.6 Å². The summed E-state index contributed by atoms with van der Waals surface area (Å²) < 4.78 is 0. The number of pyridine rings is 2. The molecule has 0 aliphatic rings. The van der Waals surface area contributed by atoms with E-state index in [2.05, 4.69) is 62.6 Å². The van der Waals surface area contributed by atoms with Gasteiger partial charge >= 0.3 is 0 Å². The minimum atomic E-state index is 0.887. The van der Waals surface area contributed by atoms with Gasteiger partial charge in [-0.3, -0.25) is 15.1 Å². The molecule has 0 fully saturated rings. The fourth-order valence-corrected chi connectivity index (χ4v) is 3.34. The smallest absolute Gasteiger partial charge is 0.0928 e. The summed E-state index contributed by atoms with van der Waals surface area (Å²) in [6.45, 7) is 0. The van der Waals surface area contributed by atoms with Crippen molar-refractivity contribution in [3.8, 4) is 45.0 Å². The van der Waals surface area contributed by atoms with Gasteiger partial charge in [-0.1, -0.05) is 60.7 Å². The normalized spacial score (nSPS) is 10.8. The number of hydrogen-bond acceptors (Lipinski definition) is 3. The van der Waals surface area contributed by atoms with Crippen LogP contribution >= 0.6 is 0 Å². The van der Waals surface area contributed by atoms with E-state index in [1.54, 1.807) is 0 Å². The van der Waals surface area contributed by atoms with E-state index in [1.165, 1.54) is 0 Å². The van der Waals surface area contributed by atoms with Gasteiger partial charge in [0.05, 0.1) is 22.8 Å². The molecule has 0 spiro atoms. The second-order valence-corrected chi connectivity index (χ2v) is 6.76. The number of H-pyrrole nitrogens is 1. The Morgan fingerprint density at radius 1 is 0.483 bits per heavy atom. The maximum atomic E-state index is 4.53. The van der Waals surface area contributed by atoms with Crippen LogP contribution in [0.25, 0.3) is 45.0 Å². The molecule has 5 rings (SSSR count). The highest BCUT2D eigenvalue weighted by molar-refractivity contribution is 5.73. The Labute approximate surface area is 168 Å². The lowest BCUT2D eigenvalue weighted by molar-refractivity contribution is 1.10. The quantitative estimate of drug-likeness (QED) is 0.428. The van der Waals surface area contributed by atoms with Crippen LogP contribution in [0.5, 0.6) is 0 Å². The standard InChI is InChI=1S/C25H18N4/c1-3-7-18(8-4-1)22-15-20(11-13-26-22)24-17-25(29-28-24)21-12-14-27-23(16-21)19-9-5-2-6-10-19/h1-17H,(H,28,29). The number of aromatic amines is 1. The predicted octanol–water partition coefficient (Wildman–Crippen LogP) is 5.87. The molecular weight excluding hydrogens is 356 g/mol. The third kappa shape index (κ3) is 3.56. The summed E-state index contributed by atoms with van der Waals surface area (Å²) in [5.41, 5.74) is 7.98. The average Bonchev–Trinajstić information content (AvgIpc) is 3.31. The summed E-state index contributed by atoms with van der Waals surface area (Å²) in [5, 5.41) is 7.69. The lowest BCUT2D eigenvalue weighted by Gasteiger charge is -2.03. The molecule has 5 aromatic rings. The van der Waals surface area contributed by atoms with Crippen molar-refractivity contribution in [3.63, 3.8) is 0 Å². The molecule has 0 atom stereocenters. The molecule has 138 valence electrons. The molecule has 0 saturated heterocycles. The van der Waals surface area contributed by atoms with E-state index in [9.17, 15) is 0 Å². The zero-order chi connectivity index (χ0) is 19.5. The van der Waals surface area contributed by atoms with E-state index < -0.39 is 0 Å². The lowest BCUT2D eigenvalue weighted by atomic mass is 10.1. The van der Waals surface area contributed by atoms with Crippen LogP contribution < -0.4 is 0 Å². The summed E-state index contributed by atoms with van der Waals surface area (Å²) in [7, 11) is 0. The van der Waals surface area contributed by atoms with Gasteiger partial charge in [0.15, 0.2) is 0 Å². The first-order valence-corrected chi connectivity index (χ1v) is 9.46. The van der Waals surface area contributed by atoms with Crippen LogP contribution in [0.1, 0.15) is 0 Å². The van der Waals surface area contributed by atoms with E-state index in [4.69, 9.17) is 0 Å².